The number of benzene rings is 1. The van der Waals surface area contributed by atoms with Gasteiger partial charge in [0.25, 0.3) is 0 Å². The summed E-state index contributed by atoms with van der Waals surface area (Å²) in [4.78, 5) is 11.5. The number of methoxy groups -OCH3 is 1. The van der Waals surface area contributed by atoms with Crippen LogP contribution < -0.4 is 10.1 Å². The van der Waals surface area contributed by atoms with Gasteiger partial charge in [-0.1, -0.05) is 24.3 Å². The van der Waals surface area contributed by atoms with Crippen LogP contribution in [0.1, 0.15) is 40.3 Å². The van der Waals surface area contributed by atoms with Gasteiger partial charge in [-0.15, -0.1) is 0 Å². The van der Waals surface area contributed by atoms with Gasteiger partial charge >= 0.3 is 0 Å². The molecule has 0 spiro atoms. The van der Waals surface area contributed by atoms with Crippen LogP contribution in [0, 0.1) is 13.8 Å². The smallest absolute Gasteiger partial charge is 0.170 e. The molecule has 6 nitrogen and oxygen atoms in total. The summed E-state index contributed by atoms with van der Waals surface area (Å²) in [6.45, 7) is 4.95. The maximum absolute atomic E-state index is 5.86. The highest BCUT2D eigenvalue weighted by Crippen LogP contribution is 2.42. The van der Waals surface area contributed by atoms with Crippen molar-refractivity contribution in [3.05, 3.63) is 107 Å². The Labute approximate surface area is 205 Å². The van der Waals surface area contributed by atoms with Gasteiger partial charge in [-0.25, -0.2) is 4.98 Å². The summed E-state index contributed by atoms with van der Waals surface area (Å²) in [5.74, 6) is 1.75. The molecule has 4 heterocycles. The van der Waals surface area contributed by atoms with Crippen LogP contribution >= 0.6 is 12.2 Å². The molecule has 0 bridgehead atoms. The third kappa shape index (κ3) is 4.03. The van der Waals surface area contributed by atoms with Crippen LogP contribution in [0.4, 0.5) is 0 Å². The third-order valence-corrected chi connectivity index (χ3v) is 6.73. The van der Waals surface area contributed by atoms with Crippen molar-refractivity contribution in [1.29, 1.82) is 0 Å². The number of thiocarbonyl (C=S) groups is 1. The molecule has 0 radical (unpaired) electrons. The van der Waals surface area contributed by atoms with Crippen molar-refractivity contribution in [2.24, 2.45) is 0 Å². The highest BCUT2D eigenvalue weighted by Gasteiger charge is 2.41. The van der Waals surface area contributed by atoms with Gasteiger partial charge in [0, 0.05) is 30.3 Å². The number of aryl methyl sites for hydroxylation is 1. The van der Waals surface area contributed by atoms with Crippen molar-refractivity contribution in [3.8, 4) is 11.6 Å². The lowest BCUT2D eigenvalue weighted by Crippen LogP contribution is -2.29. The van der Waals surface area contributed by atoms with Crippen LogP contribution in [-0.4, -0.2) is 31.7 Å². The lowest BCUT2D eigenvalue weighted by Gasteiger charge is -2.28. The Morgan fingerprint density at radius 3 is 2.35 bits per heavy atom. The van der Waals surface area contributed by atoms with Gasteiger partial charge in [-0.2, -0.15) is 0 Å². The molecule has 4 aromatic rings. The third-order valence-electron chi connectivity index (χ3n) is 6.38. The van der Waals surface area contributed by atoms with Crippen LogP contribution in [0.3, 0.4) is 0 Å². The summed E-state index contributed by atoms with van der Waals surface area (Å²) < 4.78 is 7.54. The van der Waals surface area contributed by atoms with Crippen LogP contribution in [0.25, 0.3) is 5.82 Å². The first-order valence-electron chi connectivity index (χ1n) is 11.3. The minimum atomic E-state index is -0.0652. The number of rotatable bonds is 6. The Kier molecular flexibility index (Phi) is 6.02. The van der Waals surface area contributed by atoms with E-state index in [1.165, 1.54) is 5.56 Å². The van der Waals surface area contributed by atoms with E-state index < -0.39 is 0 Å². The molecule has 5 rings (SSSR count). The second-order valence-corrected chi connectivity index (χ2v) is 8.84. The summed E-state index contributed by atoms with van der Waals surface area (Å²) in [7, 11) is 1.68. The van der Waals surface area contributed by atoms with E-state index >= 15 is 0 Å². The summed E-state index contributed by atoms with van der Waals surface area (Å²) in [5.41, 5.74) is 5.62. The summed E-state index contributed by atoms with van der Waals surface area (Å²) >= 11 is 5.86. The van der Waals surface area contributed by atoms with Crippen LogP contribution in [0.5, 0.6) is 5.75 Å². The lowest BCUT2D eigenvalue weighted by molar-refractivity contribution is 0.310. The molecule has 1 N–H and O–H groups in total. The number of aromatic nitrogens is 3. The average Bonchev–Trinajstić information content (AvgIpc) is 3.35. The number of hydrogen-bond donors (Lipinski definition) is 1. The van der Waals surface area contributed by atoms with E-state index in [1.54, 1.807) is 7.11 Å². The van der Waals surface area contributed by atoms with Gasteiger partial charge in [0.1, 0.15) is 11.6 Å². The summed E-state index contributed by atoms with van der Waals surface area (Å²) in [5, 5.41) is 4.27. The Bertz CT molecular complexity index is 1290. The average molecular weight is 470 g/mol. The molecule has 0 unspecified atom stereocenters. The van der Waals surface area contributed by atoms with Gasteiger partial charge in [0.05, 0.1) is 24.9 Å². The first-order valence-corrected chi connectivity index (χ1v) is 11.7. The maximum Gasteiger partial charge on any atom is 0.170 e. The first-order chi connectivity index (χ1) is 16.6. The highest BCUT2D eigenvalue weighted by atomic mass is 32.1. The molecule has 3 aromatic heterocycles. The normalized spacial score (nSPS) is 17.6. The molecule has 1 aliphatic rings. The fourth-order valence-corrected chi connectivity index (χ4v) is 5.07. The molecule has 34 heavy (non-hydrogen) atoms. The largest absolute Gasteiger partial charge is 0.497 e. The SMILES string of the molecule is COc1ccc(CN2C(=S)N[C@H](c3ccccn3)[C@@H]2c2cc(C)n(-c3ccccn3)c2C)cc1. The molecular formula is C27H27N5OS. The molecule has 1 aromatic carbocycles. The van der Waals surface area contributed by atoms with Crippen LogP contribution in [0.2, 0.25) is 0 Å². The zero-order valence-corrected chi connectivity index (χ0v) is 20.3. The Morgan fingerprint density at radius 2 is 1.71 bits per heavy atom. The molecule has 172 valence electrons. The topological polar surface area (TPSA) is 55.2 Å². The summed E-state index contributed by atoms with van der Waals surface area (Å²) in [6, 6.07) is 22.3. The molecule has 1 aliphatic heterocycles. The van der Waals surface area contributed by atoms with Crippen molar-refractivity contribution in [1.82, 2.24) is 24.8 Å². The number of pyridine rings is 2. The number of nitrogens with one attached hydrogen (secondary N) is 1. The molecule has 2 atom stereocenters. The van der Waals surface area contributed by atoms with Gasteiger partial charge in [-0.3, -0.25) is 4.98 Å². The van der Waals surface area contributed by atoms with Crippen LogP contribution in [0.15, 0.2) is 79.1 Å². The molecule has 0 amide bonds. The quantitative estimate of drug-likeness (QED) is 0.398. The highest BCUT2D eigenvalue weighted by molar-refractivity contribution is 7.80. The van der Waals surface area contributed by atoms with Gasteiger partial charge < -0.3 is 19.5 Å². The van der Waals surface area contributed by atoms with Gasteiger partial charge in [-0.05, 0) is 79.7 Å². The minimum Gasteiger partial charge on any atom is -0.497 e. The first kappa shape index (κ1) is 22.1. The van der Waals surface area contributed by atoms with E-state index in [2.05, 4.69) is 62.9 Å². The minimum absolute atomic E-state index is 0.0202. The molecular weight excluding hydrogens is 442 g/mol. The van der Waals surface area contributed by atoms with Crippen molar-refractivity contribution in [2.75, 3.05) is 7.11 Å². The lowest BCUT2D eigenvalue weighted by atomic mass is 9.96. The fraction of sp³-hybridized carbons (Fsp3) is 0.222. The molecule has 1 fully saturated rings. The van der Waals surface area contributed by atoms with Crippen molar-refractivity contribution >= 4 is 17.3 Å². The Morgan fingerprint density at radius 1 is 0.971 bits per heavy atom. The van der Waals surface area contributed by atoms with E-state index in [9.17, 15) is 0 Å². The van der Waals surface area contributed by atoms with E-state index in [1.807, 2.05) is 54.9 Å². The van der Waals surface area contributed by atoms with Gasteiger partial charge in [0.15, 0.2) is 5.11 Å². The number of hydrogen-bond acceptors (Lipinski definition) is 4. The fourth-order valence-electron chi connectivity index (χ4n) is 4.77. The molecule has 0 saturated carbocycles. The predicted molar refractivity (Wildman–Crippen MR) is 137 cm³/mol. The van der Waals surface area contributed by atoms with E-state index in [-0.39, 0.29) is 12.1 Å². The molecule has 7 heteroatoms. The Balaban J connectivity index is 1.59. The monoisotopic (exact) mass is 469 g/mol. The van der Waals surface area contributed by atoms with Crippen molar-refractivity contribution in [3.63, 3.8) is 0 Å². The maximum atomic E-state index is 5.86. The standard InChI is InChI=1S/C27H27N5OS/c1-18-16-22(19(2)32(18)24-9-5-7-15-29-24)26-25(23-8-4-6-14-28-23)30-27(34)31(26)17-20-10-12-21(33-3)13-11-20/h4-16,25-26H,17H2,1-3H3,(H,30,34)/t25-,26+/m1/s1. The predicted octanol–water partition coefficient (Wildman–Crippen LogP) is 5.07. The second kappa shape index (κ2) is 9.27. The van der Waals surface area contributed by atoms with Crippen LogP contribution in [-0.2, 0) is 6.54 Å². The van der Waals surface area contributed by atoms with Gasteiger partial charge in [0.2, 0.25) is 0 Å². The zero-order chi connectivity index (χ0) is 23.7. The van der Waals surface area contributed by atoms with E-state index in [0.717, 1.165) is 39.3 Å². The Hall–Kier alpha value is -3.71. The van der Waals surface area contributed by atoms with E-state index in [4.69, 9.17) is 17.0 Å². The second-order valence-electron chi connectivity index (χ2n) is 8.45. The van der Waals surface area contributed by atoms with Crippen molar-refractivity contribution < 1.29 is 4.74 Å². The molecule has 0 aliphatic carbocycles. The van der Waals surface area contributed by atoms with E-state index in [0.29, 0.717) is 6.54 Å². The number of ether oxygens (including phenoxy) is 1. The molecule has 1 saturated heterocycles. The zero-order valence-electron chi connectivity index (χ0n) is 19.5. The number of nitrogens with zero attached hydrogens (tertiary/aromatic N) is 4. The van der Waals surface area contributed by atoms with Crippen molar-refractivity contribution in [2.45, 2.75) is 32.5 Å². The summed E-state index contributed by atoms with van der Waals surface area (Å²) in [6.07, 6.45) is 3.66.